The Morgan fingerprint density at radius 1 is 1.56 bits per heavy atom. The van der Waals surface area contributed by atoms with Crippen LogP contribution in [0, 0.1) is 0 Å². The topological polar surface area (TPSA) is 64.8 Å². The lowest BCUT2D eigenvalue weighted by molar-refractivity contribution is -0.142. The minimum absolute atomic E-state index is 0.216. The van der Waals surface area contributed by atoms with Crippen LogP contribution in [-0.2, 0) is 9.53 Å². The molecule has 0 fully saturated rings. The van der Waals surface area contributed by atoms with Crippen molar-refractivity contribution in [2.45, 2.75) is 13.3 Å². The maximum Gasteiger partial charge on any atom is 0.325 e. The molecule has 1 heterocycles. The molecule has 0 saturated heterocycles. The maximum absolute atomic E-state index is 11.6. The second-order valence-corrected chi connectivity index (χ2v) is 4.22. The van der Waals surface area contributed by atoms with Crippen molar-refractivity contribution in [1.82, 2.24) is 0 Å². The van der Waals surface area contributed by atoms with E-state index in [9.17, 15) is 4.79 Å². The van der Waals surface area contributed by atoms with Crippen LogP contribution in [0.25, 0.3) is 0 Å². The van der Waals surface area contributed by atoms with Crippen LogP contribution in [-0.4, -0.2) is 32.3 Å². The van der Waals surface area contributed by atoms with Crippen LogP contribution >= 0.6 is 0 Å². The first-order valence-corrected chi connectivity index (χ1v) is 6.13. The summed E-state index contributed by atoms with van der Waals surface area (Å²) in [6, 6.07) is 5.44. The zero-order chi connectivity index (χ0) is 13.0. The lowest BCUT2D eigenvalue weighted by Crippen LogP contribution is -2.37. The van der Waals surface area contributed by atoms with E-state index < -0.39 is 0 Å². The van der Waals surface area contributed by atoms with E-state index in [1.807, 2.05) is 24.0 Å². The predicted octanol–water partition coefficient (Wildman–Crippen LogP) is 1.42. The molecular weight excluding hydrogens is 232 g/mol. The Morgan fingerprint density at radius 3 is 3.17 bits per heavy atom. The molecule has 2 N–H and O–H groups in total. The molecule has 1 aliphatic heterocycles. The first-order valence-electron chi connectivity index (χ1n) is 6.13. The largest absolute Gasteiger partial charge is 0.490 e. The summed E-state index contributed by atoms with van der Waals surface area (Å²) in [5, 5.41) is 0. The molecule has 0 spiro atoms. The summed E-state index contributed by atoms with van der Waals surface area (Å²) in [4.78, 5) is 13.6. The van der Waals surface area contributed by atoms with Gasteiger partial charge in [0.2, 0.25) is 0 Å². The number of ether oxygens (including phenoxy) is 2. The van der Waals surface area contributed by atoms with Gasteiger partial charge in [-0.2, -0.15) is 0 Å². The lowest BCUT2D eigenvalue weighted by Gasteiger charge is -2.30. The molecular formula is C13H18N2O3. The Morgan fingerprint density at radius 2 is 2.39 bits per heavy atom. The highest BCUT2D eigenvalue weighted by atomic mass is 16.5. The van der Waals surface area contributed by atoms with Crippen LogP contribution in [0.15, 0.2) is 18.2 Å². The van der Waals surface area contributed by atoms with E-state index in [0.717, 1.165) is 17.9 Å². The maximum atomic E-state index is 11.6. The summed E-state index contributed by atoms with van der Waals surface area (Å²) in [5.74, 6) is 0.547. The molecule has 1 aromatic rings. The van der Waals surface area contributed by atoms with Crippen molar-refractivity contribution in [2.24, 2.45) is 0 Å². The van der Waals surface area contributed by atoms with Crippen molar-refractivity contribution >= 4 is 17.3 Å². The highest BCUT2D eigenvalue weighted by Gasteiger charge is 2.20. The third-order valence-corrected chi connectivity index (χ3v) is 2.73. The van der Waals surface area contributed by atoms with Gasteiger partial charge in [-0.25, -0.2) is 0 Å². The zero-order valence-electron chi connectivity index (χ0n) is 10.5. The number of hydrogen-bond acceptors (Lipinski definition) is 5. The number of rotatable bonds is 4. The van der Waals surface area contributed by atoms with Gasteiger partial charge < -0.3 is 20.1 Å². The summed E-state index contributed by atoms with van der Waals surface area (Å²) >= 11 is 0. The molecule has 0 radical (unpaired) electrons. The molecule has 18 heavy (non-hydrogen) atoms. The number of carbonyl (C=O) groups excluding carboxylic acids is 1. The van der Waals surface area contributed by atoms with Gasteiger partial charge in [0.15, 0.2) is 0 Å². The monoisotopic (exact) mass is 250 g/mol. The quantitative estimate of drug-likeness (QED) is 0.646. The number of nitrogens with two attached hydrogens (primary N) is 1. The van der Waals surface area contributed by atoms with Gasteiger partial charge in [-0.15, -0.1) is 0 Å². The van der Waals surface area contributed by atoms with Crippen molar-refractivity contribution < 1.29 is 14.3 Å². The first-order chi connectivity index (χ1) is 8.70. The van der Waals surface area contributed by atoms with Crippen molar-refractivity contribution in [3.05, 3.63) is 18.2 Å². The van der Waals surface area contributed by atoms with Crippen molar-refractivity contribution in [3.63, 3.8) is 0 Å². The molecule has 1 aliphatic rings. The van der Waals surface area contributed by atoms with Crippen LogP contribution in [0.5, 0.6) is 5.75 Å². The molecule has 1 aromatic carbocycles. The fourth-order valence-corrected chi connectivity index (χ4v) is 1.87. The second kappa shape index (κ2) is 5.62. The normalized spacial score (nSPS) is 13.7. The smallest absolute Gasteiger partial charge is 0.325 e. The second-order valence-electron chi connectivity index (χ2n) is 4.22. The Kier molecular flexibility index (Phi) is 3.92. The fourth-order valence-electron chi connectivity index (χ4n) is 1.87. The number of benzene rings is 1. The van der Waals surface area contributed by atoms with E-state index in [1.165, 1.54) is 0 Å². The van der Waals surface area contributed by atoms with Crippen molar-refractivity contribution in [3.8, 4) is 5.75 Å². The lowest BCUT2D eigenvalue weighted by atomic mass is 10.2. The van der Waals surface area contributed by atoms with Crippen LogP contribution in [0.2, 0.25) is 0 Å². The average molecular weight is 250 g/mol. The first kappa shape index (κ1) is 12.5. The Hall–Kier alpha value is -1.91. The van der Waals surface area contributed by atoms with Gasteiger partial charge in [-0.3, -0.25) is 4.79 Å². The third-order valence-electron chi connectivity index (χ3n) is 2.73. The number of nitrogen functional groups attached to an aromatic ring is 1. The van der Waals surface area contributed by atoms with E-state index >= 15 is 0 Å². The van der Waals surface area contributed by atoms with Crippen LogP contribution in [0.1, 0.15) is 13.3 Å². The fraction of sp³-hybridized carbons (Fsp3) is 0.462. The Bertz CT molecular complexity index is 434. The van der Waals surface area contributed by atoms with Gasteiger partial charge in [-0.1, -0.05) is 6.92 Å². The molecule has 0 atom stereocenters. The number of carbonyl (C=O) groups is 1. The number of fused-ring (bicyclic) bond motifs is 1. The number of anilines is 2. The van der Waals surface area contributed by atoms with Crippen LogP contribution < -0.4 is 15.4 Å². The number of esters is 1. The highest BCUT2D eigenvalue weighted by Crippen LogP contribution is 2.33. The van der Waals surface area contributed by atoms with Gasteiger partial charge >= 0.3 is 5.97 Å². The van der Waals surface area contributed by atoms with E-state index in [-0.39, 0.29) is 12.5 Å². The number of nitrogens with zero attached hydrogens (tertiary/aromatic N) is 1. The summed E-state index contributed by atoms with van der Waals surface area (Å²) < 4.78 is 10.6. The van der Waals surface area contributed by atoms with Gasteiger partial charge in [0.1, 0.15) is 18.9 Å². The van der Waals surface area contributed by atoms with Gasteiger partial charge in [0.25, 0.3) is 0 Å². The van der Waals surface area contributed by atoms with E-state index in [4.69, 9.17) is 15.2 Å². The van der Waals surface area contributed by atoms with Crippen LogP contribution in [0.3, 0.4) is 0 Å². The highest BCUT2D eigenvalue weighted by molar-refractivity contribution is 5.78. The molecule has 0 amide bonds. The van der Waals surface area contributed by atoms with Crippen LogP contribution in [0.4, 0.5) is 11.4 Å². The van der Waals surface area contributed by atoms with Gasteiger partial charge in [-0.05, 0) is 24.6 Å². The molecule has 0 saturated carbocycles. The summed E-state index contributed by atoms with van der Waals surface area (Å²) in [6.45, 7) is 3.90. The van der Waals surface area contributed by atoms with Crippen molar-refractivity contribution in [2.75, 3.05) is 36.9 Å². The Balaban J connectivity index is 2.07. The molecule has 2 rings (SSSR count). The van der Waals surface area contributed by atoms with E-state index in [1.54, 1.807) is 6.07 Å². The minimum atomic E-state index is -0.216. The summed E-state index contributed by atoms with van der Waals surface area (Å²) in [7, 11) is 0. The van der Waals surface area contributed by atoms with E-state index in [2.05, 4.69) is 0 Å². The molecule has 0 unspecified atom stereocenters. The minimum Gasteiger partial charge on any atom is -0.490 e. The summed E-state index contributed by atoms with van der Waals surface area (Å²) in [6.07, 6.45) is 0.832. The molecule has 0 aliphatic carbocycles. The SMILES string of the molecule is CCCOC(=O)CN1CCOc2ccc(N)cc21. The molecule has 0 bridgehead atoms. The van der Waals surface area contributed by atoms with Gasteiger partial charge in [0.05, 0.1) is 18.8 Å². The van der Waals surface area contributed by atoms with E-state index in [0.29, 0.717) is 25.4 Å². The zero-order valence-corrected chi connectivity index (χ0v) is 10.5. The molecule has 5 heteroatoms. The molecule has 0 aromatic heterocycles. The molecule has 98 valence electrons. The van der Waals surface area contributed by atoms with Gasteiger partial charge in [0, 0.05) is 5.69 Å². The Labute approximate surface area is 106 Å². The third kappa shape index (κ3) is 2.85. The van der Waals surface area contributed by atoms with Crippen molar-refractivity contribution in [1.29, 1.82) is 0 Å². The standard InChI is InChI=1S/C13H18N2O3/c1-2-6-18-13(16)9-15-5-7-17-12-4-3-10(14)8-11(12)15/h3-4,8H,2,5-7,9,14H2,1H3. The summed E-state index contributed by atoms with van der Waals surface area (Å²) in [5.41, 5.74) is 7.27. The molecule has 5 nitrogen and oxygen atoms in total. The predicted molar refractivity (Wildman–Crippen MR) is 69.8 cm³/mol. The number of hydrogen-bond donors (Lipinski definition) is 1. The average Bonchev–Trinajstić information content (AvgIpc) is 2.37.